The Balaban J connectivity index is 0.00000243. The smallest absolute Gasteiger partial charge is 0.243 e. The predicted molar refractivity (Wildman–Crippen MR) is 108 cm³/mol. The van der Waals surface area contributed by atoms with Crippen LogP contribution in [-0.4, -0.2) is 24.9 Å². The fraction of sp³-hybridized carbons (Fsp3) is 0.263. The number of hydrogen-bond acceptors (Lipinski definition) is 4. The number of amides is 2. The van der Waals surface area contributed by atoms with Gasteiger partial charge in [0.1, 0.15) is 0 Å². The van der Waals surface area contributed by atoms with Crippen LogP contribution in [0.2, 0.25) is 0 Å². The summed E-state index contributed by atoms with van der Waals surface area (Å²) in [6.45, 7) is 2.58. The molecule has 0 saturated heterocycles. The molecule has 0 unspecified atom stereocenters. The minimum atomic E-state index is -0.125. The molecule has 26 heavy (non-hydrogen) atoms. The number of carbonyl (C=O) groups excluding carboxylic acids is 2. The molecule has 0 bridgehead atoms. The fourth-order valence-corrected chi connectivity index (χ4v) is 3.11. The van der Waals surface area contributed by atoms with Gasteiger partial charge in [0.2, 0.25) is 11.8 Å². The summed E-state index contributed by atoms with van der Waals surface area (Å²) in [5.74, 6) is -0.206. The maximum absolute atomic E-state index is 12.4. The van der Waals surface area contributed by atoms with E-state index >= 15 is 0 Å². The second-order valence-electron chi connectivity index (χ2n) is 6.18. The lowest BCUT2D eigenvalue weighted by Crippen LogP contribution is -2.37. The summed E-state index contributed by atoms with van der Waals surface area (Å²) < 4.78 is 0. The molecule has 2 aromatic rings. The average Bonchev–Trinajstić information content (AvgIpc) is 2.57. The Kier molecular flexibility index (Phi) is 6.46. The van der Waals surface area contributed by atoms with Crippen molar-refractivity contribution in [2.75, 3.05) is 34.4 Å². The summed E-state index contributed by atoms with van der Waals surface area (Å²) in [6.07, 6.45) is 1.94. The number of carbonyl (C=O) groups is 2. The Hall–Kier alpha value is -2.73. The van der Waals surface area contributed by atoms with Crippen LogP contribution in [0.1, 0.15) is 18.9 Å². The van der Waals surface area contributed by atoms with E-state index in [1.807, 2.05) is 18.2 Å². The highest BCUT2D eigenvalue weighted by molar-refractivity contribution is 5.95. The highest BCUT2D eigenvalue weighted by Crippen LogP contribution is 2.31. The van der Waals surface area contributed by atoms with E-state index in [1.165, 1.54) is 6.92 Å². The number of benzene rings is 2. The number of fused-ring (bicyclic) bond motifs is 1. The molecule has 1 aliphatic rings. The fourth-order valence-electron chi connectivity index (χ4n) is 3.11. The number of nitrogen functional groups attached to an aromatic ring is 1. The number of halogens is 1. The molecule has 0 saturated carbocycles. The second-order valence-corrected chi connectivity index (χ2v) is 6.18. The van der Waals surface area contributed by atoms with E-state index in [0.29, 0.717) is 11.4 Å². The molecule has 0 fully saturated rings. The molecule has 0 aliphatic carbocycles. The van der Waals surface area contributed by atoms with Gasteiger partial charge in [0.15, 0.2) is 0 Å². The van der Waals surface area contributed by atoms with E-state index in [0.717, 1.165) is 36.3 Å². The number of hydrogen-bond donors (Lipinski definition) is 3. The molecule has 7 heteroatoms. The van der Waals surface area contributed by atoms with Crippen molar-refractivity contribution < 1.29 is 9.59 Å². The summed E-state index contributed by atoms with van der Waals surface area (Å²) >= 11 is 0. The molecule has 2 amide bonds. The Morgan fingerprint density at radius 1 is 1.08 bits per heavy atom. The lowest BCUT2D eigenvalue weighted by molar-refractivity contribution is -0.115. The van der Waals surface area contributed by atoms with Gasteiger partial charge < -0.3 is 21.3 Å². The zero-order valence-electron chi connectivity index (χ0n) is 14.6. The Morgan fingerprint density at radius 2 is 1.73 bits per heavy atom. The van der Waals surface area contributed by atoms with E-state index in [4.69, 9.17) is 5.73 Å². The van der Waals surface area contributed by atoms with Crippen LogP contribution >= 0.6 is 12.4 Å². The van der Waals surface area contributed by atoms with Crippen LogP contribution in [0, 0.1) is 0 Å². The number of nitrogens with two attached hydrogens (primary N) is 1. The SMILES string of the molecule is CC(=O)Nc1ccc(NC(=O)CN2CCCc3c(N)cccc32)cc1.Cl. The molecule has 0 radical (unpaired) electrons. The maximum Gasteiger partial charge on any atom is 0.243 e. The number of nitrogens with one attached hydrogen (secondary N) is 2. The molecule has 4 N–H and O–H groups in total. The van der Waals surface area contributed by atoms with Gasteiger partial charge in [0.05, 0.1) is 6.54 Å². The zero-order valence-corrected chi connectivity index (χ0v) is 15.4. The van der Waals surface area contributed by atoms with Gasteiger partial charge in [-0.25, -0.2) is 0 Å². The van der Waals surface area contributed by atoms with Crippen LogP contribution in [0.25, 0.3) is 0 Å². The van der Waals surface area contributed by atoms with Crippen LogP contribution in [0.5, 0.6) is 0 Å². The van der Waals surface area contributed by atoms with Crippen LogP contribution in [-0.2, 0) is 16.0 Å². The van der Waals surface area contributed by atoms with Crippen molar-refractivity contribution in [3.8, 4) is 0 Å². The van der Waals surface area contributed by atoms with Gasteiger partial charge in [-0.3, -0.25) is 9.59 Å². The highest BCUT2D eigenvalue weighted by Gasteiger charge is 2.20. The van der Waals surface area contributed by atoms with Crippen LogP contribution in [0.4, 0.5) is 22.7 Å². The first-order valence-corrected chi connectivity index (χ1v) is 8.33. The molecular formula is C19H23ClN4O2. The molecule has 6 nitrogen and oxygen atoms in total. The first kappa shape index (κ1) is 19.6. The number of nitrogens with zero attached hydrogens (tertiary/aromatic N) is 1. The largest absolute Gasteiger partial charge is 0.398 e. The maximum atomic E-state index is 12.4. The molecule has 0 atom stereocenters. The lowest BCUT2D eigenvalue weighted by Gasteiger charge is -2.31. The third-order valence-corrected chi connectivity index (χ3v) is 4.21. The zero-order chi connectivity index (χ0) is 17.8. The average molecular weight is 375 g/mol. The van der Waals surface area contributed by atoms with Crippen molar-refractivity contribution in [1.29, 1.82) is 0 Å². The normalized spacial score (nSPS) is 12.6. The quantitative estimate of drug-likeness (QED) is 0.718. The predicted octanol–water partition coefficient (Wildman–Crippen LogP) is 3.04. The molecule has 0 spiro atoms. The van der Waals surface area contributed by atoms with Crippen molar-refractivity contribution in [2.45, 2.75) is 19.8 Å². The van der Waals surface area contributed by atoms with Crippen LogP contribution < -0.4 is 21.3 Å². The Morgan fingerprint density at radius 3 is 2.38 bits per heavy atom. The Labute approximate surface area is 159 Å². The summed E-state index contributed by atoms with van der Waals surface area (Å²) in [6, 6.07) is 12.9. The molecule has 3 rings (SSSR count). The van der Waals surface area contributed by atoms with Crippen molar-refractivity contribution in [3.63, 3.8) is 0 Å². The van der Waals surface area contributed by atoms with Crippen molar-refractivity contribution in [2.24, 2.45) is 0 Å². The van der Waals surface area contributed by atoms with E-state index < -0.39 is 0 Å². The third-order valence-electron chi connectivity index (χ3n) is 4.21. The molecule has 2 aromatic carbocycles. The minimum absolute atomic E-state index is 0. The van der Waals surface area contributed by atoms with Gasteiger partial charge in [0.25, 0.3) is 0 Å². The lowest BCUT2D eigenvalue weighted by atomic mass is 10.00. The van der Waals surface area contributed by atoms with E-state index in [9.17, 15) is 9.59 Å². The number of anilines is 4. The van der Waals surface area contributed by atoms with Crippen LogP contribution in [0.3, 0.4) is 0 Å². The summed E-state index contributed by atoms with van der Waals surface area (Å²) in [5.41, 5.74) is 10.4. The highest BCUT2D eigenvalue weighted by atomic mass is 35.5. The van der Waals surface area contributed by atoms with Gasteiger partial charge in [-0.2, -0.15) is 0 Å². The van der Waals surface area contributed by atoms with Gasteiger partial charge >= 0.3 is 0 Å². The van der Waals surface area contributed by atoms with Crippen molar-refractivity contribution >= 4 is 47.0 Å². The standard InChI is InChI=1S/C19H22N4O2.ClH/c1-13(24)21-14-7-9-15(10-8-14)22-19(25)12-23-11-3-4-16-17(20)5-2-6-18(16)23;/h2,5-10H,3-4,11-12,20H2,1H3,(H,21,24)(H,22,25);1H. The molecule has 1 aliphatic heterocycles. The number of rotatable bonds is 4. The first-order valence-electron chi connectivity index (χ1n) is 8.33. The monoisotopic (exact) mass is 374 g/mol. The van der Waals surface area contributed by atoms with Gasteiger partial charge in [-0.15, -0.1) is 12.4 Å². The molecule has 0 aromatic heterocycles. The van der Waals surface area contributed by atoms with E-state index in [-0.39, 0.29) is 30.8 Å². The molecular weight excluding hydrogens is 352 g/mol. The van der Waals surface area contributed by atoms with Gasteiger partial charge in [0, 0.05) is 36.2 Å². The summed E-state index contributed by atoms with van der Waals surface area (Å²) in [5, 5.41) is 5.59. The minimum Gasteiger partial charge on any atom is -0.398 e. The van der Waals surface area contributed by atoms with Gasteiger partial charge in [-0.1, -0.05) is 6.07 Å². The molecule has 138 valence electrons. The van der Waals surface area contributed by atoms with E-state index in [1.54, 1.807) is 24.3 Å². The summed E-state index contributed by atoms with van der Waals surface area (Å²) in [4.78, 5) is 25.5. The van der Waals surface area contributed by atoms with Crippen molar-refractivity contribution in [3.05, 3.63) is 48.0 Å². The molecule has 1 heterocycles. The second kappa shape index (κ2) is 8.58. The Bertz CT molecular complexity index is 793. The van der Waals surface area contributed by atoms with Gasteiger partial charge in [-0.05, 0) is 54.8 Å². The summed E-state index contributed by atoms with van der Waals surface area (Å²) in [7, 11) is 0. The third kappa shape index (κ3) is 4.67. The topological polar surface area (TPSA) is 87.5 Å². The van der Waals surface area contributed by atoms with Crippen LogP contribution in [0.15, 0.2) is 42.5 Å². The first-order chi connectivity index (χ1) is 12.0. The van der Waals surface area contributed by atoms with E-state index in [2.05, 4.69) is 15.5 Å². The van der Waals surface area contributed by atoms with Crippen molar-refractivity contribution in [1.82, 2.24) is 0 Å².